The van der Waals surface area contributed by atoms with Crippen molar-refractivity contribution in [2.24, 2.45) is 23.7 Å². The van der Waals surface area contributed by atoms with Gasteiger partial charge in [-0.3, -0.25) is 0 Å². The molecule has 0 amide bonds. The highest BCUT2D eigenvalue weighted by molar-refractivity contribution is 6.11. The molecule has 0 aliphatic heterocycles. The molecule has 15 rings (SSSR count). The van der Waals surface area contributed by atoms with Crippen molar-refractivity contribution in [2.45, 2.75) is 37.5 Å². The molecule has 2 heterocycles. The van der Waals surface area contributed by atoms with Crippen LogP contribution in [0.3, 0.4) is 0 Å². The number of para-hydroxylation sites is 4. The van der Waals surface area contributed by atoms with Gasteiger partial charge in [0.25, 0.3) is 0 Å². The molecule has 10 aromatic rings. The minimum absolute atomic E-state index is 0.134. The fourth-order valence-electron chi connectivity index (χ4n) is 13.7. The Morgan fingerprint density at radius 1 is 0.361 bits per heavy atom. The van der Waals surface area contributed by atoms with Gasteiger partial charge < -0.3 is 14.0 Å². The first kappa shape index (κ1) is 33.9. The summed E-state index contributed by atoms with van der Waals surface area (Å²) >= 11 is 0. The number of aromatic nitrogens is 2. The molecule has 1 spiro atoms. The summed E-state index contributed by atoms with van der Waals surface area (Å²) < 4.78 is 4.88. The van der Waals surface area contributed by atoms with E-state index in [0.717, 1.165) is 40.7 Å². The van der Waals surface area contributed by atoms with Crippen LogP contribution in [-0.2, 0) is 5.41 Å². The summed E-state index contributed by atoms with van der Waals surface area (Å²) in [5, 5.41) is 5.07. The number of fused-ring (bicyclic) bond motifs is 9. The molecule has 3 heteroatoms. The highest BCUT2D eigenvalue weighted by Crippen LogP contribution is 2.69. The van der Waals surface area contributed by atoms with Crippen LogP contribution < -0.4 is 4.90 Å². The summed E-state index contributed by atoms with van der Waals surface area (Å²) in [6.45, 7) is 0. The molecule has 5 aliphatic carbocycles. The summed E-state index contributed by atoms with van der Waals surface area (Å²) in [5.41, 5.74) is 16.8. The Morgan fingerprint density at radius 2 is 0.869 bits per heavy atom. The summed E-state index contributed by atoms with van der Waals surface area (Å²) in [6, 6.07) is 70.8. The van der Waals surface area contributed by atoms with Crippen molar-refractivity contribution < 1.29 is 0 Å². The molecule has 4 bridgehead atoms. The maximum atomic E-state index is 2.57. The number of benzene rings is 8. The van der Waals surface area contributed by atoms with Gasteiger partial charge in [-0.05, 0) is 151 Å². The third kappa shape index (κ3) is 4.64. The molecule has 4 saturated carbocycles. The fraction of sp³-hybridized carbons (Fsp3) is 0.172. The van der Waals surface area contributed by atoms with Crippen LogP contribution in [0.1, 0.15) is 43.2 Å². The lowest BCUT2D eigenvalue weighted by Crippen LogP contribution is -2.55. The molecule has 8 aromatic carbocycles. The Hall–Kier alpha value is -6.84. The van der Waals surface area contributed by atoms with Crippen molar-refractivity contribution in [1.82, 2.24) is 9.13 Å². The average Bonchev–Trinajstić information content (AvgIpc) is 3.93. The molecule has 61 heavy (non-hydrogen) atoms. The zero-order chi connectivity index (χ0) is 39.8. The maximum absolute atomic E-state index is 2.57. The van der Waals surface area contributed by atoms with Gasteiger partial charge in [-0.25, -0.2) is 0 Å². The lowest BCUT2D eigenvalue weighted by Gasteiger charge is -2.61. The predicted molar refractivity (Wildman–Crippen MR) is 253 cm³/mol. The summed E-state index contributed by atoms with van der Waals surface area (Å²) in [5.74, 6) is 3.31. The van der Waals surface area contributed by atoms with Gasteiger partial charge >= 0.3 is 0 Å². The van der Waals surface area contributed by atoms with Crippen molar-refractivity contribution in [3.05, 3.63) is 199 Å². The quantitative estimate of drug-likeness (QED) is 0.169. The lowest BCUT2D eigenvalue weighted by molar-refractivity contribution is -0.0399. The smallest absolute Gasteiger partial charge is 0.0561 e. The maximum Gasteiger partial charge on any atom is 0.0561 e. The van der Waals surface area contributed by atoms with E-state index in [1.54, 1.807) is 11.1 Å². The van der Waals surface area contributed by atoms with E-state index in [9.17, 15) is 0 Å². The summed E-state index contributed by atoms with van der Waals surface area (Å²) in [4.78, 5) is 2.52. The van der Waals surface area contributed by atoms with Crippen LogP contribution in [0.5, 0.6) is 0 Å². The van der Waals surface area contributed by atoms with E-state index in [4.69, 9.17) is 0 Å². The second-order valence-corrected chi connectivity index (χ2v) is 18.6. The molecule has 0 unspecified atom stereocenters. The van der Waals surface area contributed by atoms with Crippen LogP contribution in [0.25, 0.3) is 66.1 Å². The Morgan fingerprint density at radius 3 is 1.56 bits per heavy atom. The van der Waals surface area contributed by atoms with Crippen molar-refractivity contribution in [2.75, 3.05) is 4.90 Å². The largest absolute Gasteiger partial charge is 0.310 e. The standard InChI is InChI=1S/C58H45N3/c1-2-13-41(14-3-1)60-54-22-9-7-20-49(54)50-27-25-45(36-57(50)60)59(42-15-12-16-43(34-42)61-55-23-10-5-18-47(55)48-19-6-11-24-56(48)61)44-26-28-53-51(35-44)46-17-4-8-21-52(46)58(53)39-30-37-29-38(32-39)33-40(58)31-37/h1-28,34-40H,29-33H2. The second-order valence-electron chi connectivity index (χ2n) is 18.6. The zero-order valence-electron chi connectivity index (χ0n) is 34.1. The average molecular weight is 784 g/mol. The molecule has 2 aromatic heterocycles. The van der Waals surface area contributed by atoms with Gasteiger partial charge in [-0.15, -0.1) is 0 Å². The van der Waals surface area contributed by atoms with Gasteiger partial charge in [0, 0.05) is 55.4 Å². The second kappa shape index (κ2) is 12.6. The van der Waals surface area contributed by atoms with Crippen LogP contribution in [0.2, 0.25) is 0 Å². The SMILES string of the molecule is c1ccc(-n2c3ccccc3c3ccc(N(c4cccc(-n5c6ccccc6c6ccccc65)c4)c4ccc5c(c4)-c4ccccc4C54C5CC6CC(C5)CC4C6)cc32)cc1. The van der Waals surface area contributed by atoms with Gasteiger partial charge in [0.05, 0.1) is 22.1 Å². The van der Waals surface area contributed by atoms with Gasteiger partial charge in [0.15, 0.2) is 0 Å². The van der Waals surface area contributed by atoms with E-state index in [2.05, 4.69) is 202 Å². The molecule has 0 atom stereocenters. The first-order chi connectivity index (χ1) is 30.2. The minimum atomic E-state index is 0.134. The molecule has 5 aliphatic rings. The molecular weight excluding hydrogens is 739 g/mol. The van der Waals surface area contributed by atoms with Crippen LogP contribution >= 0.6 is 0 Å². The third-order valence-electron chi connectivity index (χ3n) is 15.7. The molecule has 292 valence electrons. The van der Waals surface area contributed by atoms with E-state index in [1.807, 2.05) is 0 Å². The van der Waals surface area contributed by atoms with Crippen molar-refractivity contribution >= 4 is 60.7 Å². The fourth-order valence-corrected chi connectivity index (χ4v) is 13.7. The number of hydrogen-bond acceptors (Lipinski definition) is 1. The Balaban J connectivity index is 1.01. The van der Waals surface area contributed by atoms with E-state index in [0.29, 0.717) is 0 Å². The highest BCUT2D eigenvalue weighted by atomic mass is 15.1. The molecule has 0 N–H and O–H groups in total. The van der Waals surface area contributed by atoms with Crippen LogP contribution in [0, 0.1) is 23.7 Å². The van der Waals surface area contributed by atoms with Gasteiger partial charge in [-0.1, -0.05) is 115 Å². The van der Waals surface area contributed by atoms with Gasteiger partial charge in [0.1, 0.15) is 0 Å². The summed E-state index contributed by atoms with van der Waals surface area (Å²) in [6.07, 6.45) is 7.02. The van der Waals surface area contributed by atoms with E-state index in [-0.39, 0.29) is 5.41 Å². The molecule has 0 saturated heterocycles. The minimum Gasteiger partial charge on any atom is -0.310 e. The Bertz CT molecular complexity index is 3320. The van der Waals surface area contributed by atoms with Gasteiger partial charge in [-0.2, -0.15) is 0 Å². The predicted octanol–water partition coefficient (Wildman–Crippen LogP) is 15.1. The van der Waals surface area contributed by atoms with Gasteiger partial charge in [0.2, 0.25) is 0 Å². The molecular formula is C58H45N3. The third-order valence-corrected chi connectivity index (χ3v) is 15.7. The van der Waals surface area contributed by atoms with Crippen LogP contribution in [-0.4, -0.2) is 9.13 Å². The number of rotatable bonds is 5. The number of nitrogens with zero attached hydrogens (tertiary/aromatic N) is 3. The van der Waals surface area contributed by atoms with Crippen LogP contribution in [0.15, 0.2) is 188 Å². The lowest BCUT2D eigenvalue weighted by atomic mass is 9.43. The van der Waals surface area contributed by atoms with E-state index in [1.165, 1.54) is 98.2 Å². The summed E-state index contributed by atoms with van der Waals surface area (Å²) in [7, 11) is 0. The Kier molecular flexibility index (Phi) is 7.01. The van der Waals surface area contributed by atoms with Crippen LogP contribution in [0.4, 0.5) is 17.1 Å². The first-order valence-corrected chi connectivity index (χ1v) is 22.4. The molecule has 3 nitrogen and oxygen atoms in total. The topological polar surface area (TPSA) is 13.1 Å². The first-order valence-electron chi connectivity index (χ1n) is 22.4. The normalized spacial score (nSPS) is 22.2. The molecule has 0 radical (unpaired) electrons. The van der Waals surface area contributed by atoms with Crippen molar-refractivity contribution in [3.63, 3.8) is 0 Å². The molecule has 4 fully saturated rings. The highest BCUT2D eigenvalue weighted by Gasteiger charge is 2.61. The van der Waals surface area contributed by atoms with Crippen molar-refractivity contribution in [1.29, 1.82) is 0 Å². The monoisotopic (exact) mass is 783 g/mol. The Labute approximate surface area is 356 Å². The van der Waals surface area contributed by atoms with Crippen molar-refractivity contribution in [3.8, 4) is 22.5 Å². The number of anilines is 3. The van der Waals surface area contributed by atoms with E-state index >= 15 is 0 Å². The number of hydrogen-bond donors (Lipinski definition) is 0. The van der Waals surface area contributed by atoms with E-state index < -0.39 is 0 Å². The zero-order valence-corrected chi connectivity index (χ0v) is 34.1.